The van der Waals surface area contributed by atoms with E-state index in [1.165, 1.54) is 5.56 Å². The average Bonchev–Trinajstić information content (AvgIpc) is 3.04. The van der Waals surface area contributed by atoms with Crippen LogP contribution in [0.1, 0.15) is 5.56 Å². The molecule has 0 aliphatic carbocycles. The molecule has 3 aromatic rings. The highest BCUT2D eigenvalue weighted by Crippen LogP contribution is 2.30. The minimum absolute atomic E-state index is 0.793. The molecule has 0 amide bonds. The summed E-state index contributed by atoms with van der Waals surface area (Å²) in [4.78, 5) is 4.51. The molecule has 0 N–H and O–H groups in total. The molecule has 0 fully saturated rings. The third-order valence-electron chi connectivity index (χ3n) is 3.39. The van der Waals surface area contributed by atoms with Crippen LogP contribution in [0.2, 0.25) is 0 Å². The molecule has 1 aliphatic heterocycles. The fraction of sp³-hybridized carbons (Fsp3) is 0.133. The van der Waals surface area contributed by atoms with E-state index in [2.05, 4.69) is 27.6 Å². The maximum atomic E-state index is 5.53. The minimum atomic E-state index is 0.793. The Morgan fingerprint density at radius 2 is 2.17 bits per heavy atom. The van der Waals surface area contributed by atoms with Gasteiger partial charge in [-0.2, -0.15) is 0 Å². The molecule has 0 unspecified atom stereocenters. The van der Waals surface area contributed by atoms with Crippen LogP contribution in [-0.2, 0) is 6.42 Å². The van der Waals surface area contributed by atoms with Crippen molar-refractivity contribution < 1.29 is 4.74 Å². The third-order valence-corrected chi connectivity index (χ3v) is 3.39. The first kappa shape index (κ1) is 9.71. The van der Waals surface area contributed by atoms with Crippen molar-refractivity contribution in [1.82, 2.24) is 9.38 Å². The smallest absolute Gasteiger partial charge is 0.144 e. The molecule has 1 aliphatic rings. The van der Waals surface area contributed by atoms with Crippen molar-refractivity contribution >= 4 is 5.52 Å². The summed E-state index contributed by atoms with van der Waals surface area (Å²) in [6, 6.07) is 12.4. The number of fused-ring (bicyclic) bond motifs is 2. The molecule has 4 rings (SSSR count). The first-order valence-corrected chi connectivity index (χ1v) is 6.10. The van der Waals surface area contributed by atoms with Crippen molar-refractivity contribution in [2.75, 3.05) is 6.61 Å². The lowest BCUT2D eigenvalue weighted by Crippen LogP contribution is -1.89. The summed E-state index contributed by atoms with van der Waals surface area (Å²) < 4.78 is 7.64. The van der Waals surface area contributed by atoms with Crippen LogP contribution >= 0.6 is 0 Å². The van der Waals surface area contributed by atoms with E-state index in [0.29, 0.717) is 0 Å². The number of benzene rings is 1. The van der Waals surface area contributed by atoms with Crippen molar-refractivity contribution in [3.63, 3.8) is 0 Å². The van der Waals surface area contributed by atoms with E-state index in [1.54, 1.807) is 0 Å². The summed E-state index contributed by atoms with van der Waals surface area (Å²) in [7, 11) is 0. The largest absolute Gasteiger partial charge is 0.493 e. The summed E-state index contributed by atoms with van der Waals surface area (Å²) in [5.41, 5.74) is 3.54. The fourth-order valence-corrected chi connectivity index (χ4v) is 2.48. The second-order valence-electron chi connectivity index (χ2n) is 4.50. The van der Waals surface area contributed by atoms with Crippen molar-refractivity contribution in [3.05, 3.63) is 54.4 Å². The Labute approximate surface area is 105 Å². The molecular weight excluding hydrogens is 224 g/mol. The Balaban J connectivity index is 1.92. The molecule has 0 saturated heterocycles. The maximum Gasteiger partial charge on any atom is 0.144 e. The van der Waals surface area contributed by atoms with Crippen LogP contribution in [0.5, 0.6) is 5.75 Å². The zero-order valence-corrected chi connectivity index (χ0v) is 9.84. The van der Waals surface area contributed by atoms with E-state index in [9.17, 15) is 0 Å². The second kappa shape index (κ2) is 3.60. The summed E-state index contributed by atoms with van der Waals surface area (Å²) in [6.45, 7) is 0.793. The molecule has 0 atom stereocenters. The van der Waals surface area contributed by atoms with Crippen LogP contribution in [0.15, 0.2) is 48.8 Å². The molecule has 2 aromatic heterocycles. The van der Waals surface area contributed by atoms with Gasteiger partial charge in [0.15, 0.2) is 0 Å². The standard InChI is InChI=1S/C15H12N2O/c1-2-7-17-13(3-1)10-16-15(17)12-4-5-14-11(9-12)6-8-18-14/h1-5,7,9-10H,6,8H2. The number of aromatic nitrogens is 2. The molecule has 0 spiro atoms. The number of rotatable bonds is 1. The van der Waals surface area contributed by atoms with E-state index in [4.69, 9.17) is 4.74 Å². The lowest BCUT2D eigenvalue weighted by molar-refractivity contribution is 0.357. The van der Waals surface area contributed by atoms with Gasteiger partial charge in [-0.05, 0) is 35.9 Å². The van der Waals surface area contributed by atoms with E-state index < -0.39 is 0 Å². The highest BCUT2D eigenvalue weighted by Gasteiger charge is 2.14. The fourth-order valence-electron chi connectivity index (χ4n) is 2.48. The predicted molar refractivity (Wildman–Crippen MR) is 69.8 cm³/mol. The molecule has 3 heterocycles. The van der Waals surface area contributed by atoms with E-state index in [1.807, 2.05) is 30.6 Å². The van der Waals surface area contributed by atoms with Gasteiger partial charge in [0.25, 0.3) is 0 Å². The lowest BCUT2D eigenvalue weighted by Gasteiger charge is -2.03. The molecule has 0 bridgehead atoms. The highest BCUT2D eigenvalue weighted by molar-refractivity contribution is 5.64. The number of nitrogens with zero attached hydrogens (tertiary/aromatic N) is 2. The summed E-state index contributed by atoms with van der Waals surface area (Å²) >= 11 is 0. The first-order valence-electron chi connectivity index (χ1n) is 6.10. The highest BCUT2D eigenvalue weighted by atomic mass is 16.5. The van der Waals surface area contributed by atoms with Crippen molar-refractivity contribution in [1.29, 1.82) is 0 Å². The van der Waals surface area contributed by atoms with E-state index >= 15 is 0 Å². The lowest BCUT2D eigenvalue weighted by atomic mass is 10.1. The van der Waals surface area contributed by atoms with Gasteiger partial charge < -0.3 is 4.74 Å². The van der Waals surface area contributed by atoms with Gasteiger partial charge in [0.2, 0.25) is 0 Å². The van der Waals surface area contributed by atoms with Gasteiger partial charge in [-0.3, -0.25) is 4.40 Å². The second-order valence-corrected chi connectivity index (χ2v) is 4.50. The zero-order chi connectivity index (χ0) is 11.9. The number of imidazole rings is 1. The Kier molecular flexibility index (Phi) is 1.94. The normalized spacial score (nSPS) is 13.6. The Hall–Kier alpha value is -2.29. The van der Waals surface area contributed by atoms with Crippen LogP contribution in [0, 0.1) is 0 Å². The Bertz CT molecular complexity index is 730. The van der Waals surface area contributed by atoms with Gasteiger partial charge in [0.1, 0.15) is 11.6 Å². The monoisotopic (exact) mass is 236 g/mol. The molecular formula is C15H12N2O. The topological polar surface area (TPSA) is 26.5 Å². The Morgan fingerprint density at radius 1 is 1.17 bits per heavy atom. The molecule has 3 heteroatoms. The van der Waals surface area contributed by atoms with Gasteiger partial charge in [0, 0.05) is 18.2 Å². The molecule has 88 valence electrons. The van der Waals surface area contributed by atoms with E-state index in [-0.39, 0.29) is 0 Å². The van der Waals surface area contributed by atoms with Crippen LogP contribution in [0.25, 0.3) is 16.9 Å². The Morgan fingerprint density at radius 3 is 3.17 bits per heavy atom. The van der Waals surface area contributed by atoms with E-state index in [0.717, 1.165) is 35.7 Å². The predicted octanol–water partition coefficient (Wildman–Crippen LogP) is 2.94. The first-order chi connectivity index (χ1) is 8.92. The van der Waals surface area contributed by atoms with Crippen molar-refractivity contribution in [3.8, 4) is 17.1 Å². The number of hydrogen-bond donors (Lipinski definition) is 0. The summed E-state index contributed by atoms with van der Waals surface area (Å²) in [6.07, 6.45) is 4.94. The summed E-state index contributed by atoms with van der Waals surface area (Å²) in [5, 5.41) is 0. The SMILES string of the molecule is c1ccn2c(-c3ccc4c(c3)CCO4)ncc2c1. The molecule has 0 saturated carbocycles. The van der Waals surface area contributed by atoms with Crippen LogP contribution < -0.4 is 4.74 Å². The van der Waals surface area contributed by atoms with Gasteiger partial charge in [0.05, 0.1) is 18.3 Å². The van der Waals surface area contributed by atoms with Crippen molar-refractivity contribution in [2.24, 2.45) is 0 Å². The van der Waals surface area contributed by atoms with Crippen LogP contribution in [-0.4, -0.2) is 16.0 Å². The van der Waals surface area contributed by atoms with Gasteiger partial charge in [-0.25, -0.2) is 4.98 Å². The molecule has 18 heavy (non-hydrogen) atoms. The van der Waals surface area contributed by atoms with Crippen molar-refractivity contribution in [2.45, 2.75) is 6.42 Å². The third kappa shape index (κ3) is 1.34. The van der Waals surface area contributed by atoms with Gasteiger partial charge in [-0.1, -0.05) is 6.07 Å². The quantitative estimate of drug-likeness (QED) is 0.649. The number of hydrogen-bond acceptors (Lipinski definition) is 2. The van der Waals surface area contributed by atoms with Crippen LogP contribution in [0.3, 0.4) is 0 Å². The van der Waals surface area contributed by atoms with Gasteiger partial charge >= 0.3 is 0 Å². The number of ether oxygens (including phenoxy) is 1. The summed E-state index contributed by atoms with van der Waals surface area (Å²) in [5.74, 6) is 2.00. The molecule has 3 nitrogen and oxygen atoms in total. The van der Waals surface area contributed by atoms with Gasteiger partial charge in [-0.15, -0.1) is 0 Å². The molecule has 0 radical (unpaired) electrons. The average molecular weight is 236 g/mol. The maximum absolute atomic E-state index is 5.53. The number of pyridine rings is 1. The minimum Gasteiger partial charge on any atom is -0.493 e. The molecule has 1 aromatic carbocycles. The van der Waals surface area contributed by atoms with Crippen LogP contribution in [0.4, 0.5) is 0 Å². The zero-order valence-electron chi connectivity index (χ0n) is 9.84.